The predicted octanol–water partition coefficient (Wildman–Crippen LogP) is 4.19. The fraction of sp³-hybridized carbons (Fsp3) is 1.00. The van der Waals surface area contributed by atoms with Crippen molar-refractivity contribution in [2.75, 3.05) is 19.6 Å². The van der Waals surface area contributed by atoms with Gasteiger partial charge in [0.25, 0.3) is 0 Å². The molecule has 0 aromatic rings. The second-order valence-corrected chi connectivity index (χ2v) is 8.70. The Morgan fingerprint density at radius 2 is 1.52 bits per heavy atom. The quantitative estimate of drug-likeness (QED) is 0.845. The van der Waals surface area contributed by atoms with Crippen LogP contribution in [-0.4, -0.2) is 30.1 Å². The van der Waals surface area contributed by atoms with E-state index in [1.807, 2.05) is 0 Å². The number of nitrogens with two attached hydrogens (primary N) is 1. The maximum Gasteiger partial charge on any atom is 0.0331 e. The van der Waals surface area contributed by atoms with Crippen LogP contribution in [0.3, 0.4) is 0 Å². The Kier molecular flexibility index (Phi) is 4.66. The summed E-state index contributed by atoms with van der Waals surface area (Å²) in [5, 5.41) is 0. The van der Waals surface area contributed by atoms with Crippen LogP contribution in [0.4, 0.5) is 0 Å². The van der Waals surface area contributed by atoms with E-state index in [1.165, 1.54) is 77.3 Å². The van der Waals surface area contributed by atoms with Gasteiger partial charge in [0.1, 0.15) is 0 Å². The van der Waals surface area contributed by atoms with Gasteiger partial charge in [-0.2, -0.15) is 0 Å². The first-order chi connectivity index (χ1) is 10.1. The monoisotopic (exact) mass is 292 g/mol. The SMILES string of the molecule is CC(C)C1CCC(CN)(N2CCC3(CCCC3)CC2)CC1. The zero-order valence-corrected chi connectivity index (χ0v) is 14.4. The van der Waals surface area contributed by atoms with E-state index < -0.39 is 0 Å². The van der Waals surface area contributed by atoms with E-state index in [9.17, 15) is 0 Å². The van der Waals surface area contributed by atoms with Gasteiger partial charge in [-0.3, -0.25) is 4.90 Å². The fourth-order valence-corrected chi connectivity index (χ4v) is 5.57. The van der Waals surface area contributed by atoms with E-state index in [4.69, 9.17) is 5.73 Å². The molecule has 2 aliphatic carbocycles. The predicted molar refractivity (Wildman–Crippen MR) is 90.3 cm³/mol. The van der Waals surface area contributed by atoms with Gasteiger partial charge in [-0.15, -0.1) is 0 Å². The van der Waals surface area contributed by atoms with Crippen molar-refractivity contribution < 1.29 is 0 Å². The molecule has 3 aliphatic rings. The molecule has 0 amide bonds. The van der Waals surface area contributed by atoms with E-state index >= 15 is 0 Å². The number of likely N-dealkylation sites (tertiary alicyclic amines) is 1. The van der Waals surface area contributed by atoms with Crippen LogP contribution in [0.15, 0.2) is 0 Å². The van der Waals surface area contributed by atoms with E-state index in [2.05, 4.69) is 18.7 Å². The molecule has 3 fully saturated rings. The van der Waals surface area contributed by atoms with Crippen LogP contribution in [0, 0.1) is 17.3 Å². The Bertz CT molecular complexity index is 325. The van der Waals surface area contributed by atoms with Gasteiger partial charge in [-0.05, 0) is 81.7 Å². The molecule has 2 nitrogen and oxygen atoms in total. The Labute approximate surface area is 131 Å². The van der Waals surface area contributed by atoms with Gasteiger partial charge in [-0.25, -0.2) is 0 Å². The fourth-order valence-electron chi connectivity index (χ4n) is 5.57. The lowest BCUT2D eigenvalue weighted by Crippen LogP contribution is -2.59. The van der Waals surface area contributed by atoms with Crippen LogP contribution in [0.5, 0.6) is 0 Å². The van der Waals surface area contributed by atoms with Gasteiger partial charge in [-0.1, -0.05) is 26.7 Å². The second kappa shape index (κ2) is 6.20. The molecule has 2 N–H and O–H groups in total. The summed E-state index contributed by atoms with van der Waals surface area (Å²) in [4.78, 5) is 2.81. The molecule has 122 valence electrons. The summed E-state index contributed by atoms with van der Waals surface area (Å²) < 4.78 is 0. The first-order valence-electron chi connectivity index (χ1n) is 9.54. The Hall–Kier alpha value is -0.0800. The smallest absolute Gasteiger partial charge is 0.0331 e. The first kappa shape index (κ1) is 15.8. The zero-order chi connectivity index (χ0) is 14.9. The topological polar surface area (TPSA) is 29.3 Å². The maximum atomic E-state index is 6.29. The van der Waals surface area contributed by atoms with Crippen LogP contribution in [-0.2, 0) is 0 Å². The lowest BCUT2D eigenvalue weighted by atomic mass is 9.70. The van der Waals surface area contributed by atoms with Crippen LogP contribution in [0.1, 0.15) is 78.1 Å². The number of hydrogen-bond acceptors (Lipinski definition) is 2. The standard InChI is InChI=1S/C19H36N2/c1-16(2)17-5-9-19(15-20,10-6-17)21-13-11-18(12-14-21)7-3-4-8-18/h16-17H,3-15,20H2,1-2H3. The molecule has 2 saturated carbocycles. The van der Waals surface area contributed by atoms with Gasteiger partial charge in [0.2, 0.25) is 0 Å². The lowest BCUT2D eigenvalue weighted by Gasteiger charge is -2.52. The van der Waals surface area contributed by atoms with Gasteiger partial charge in [0, 0.05) is 12.1 Å². The number of hydrogen-bond donors (Lipinski definition) is 1. The van der Waals surface area contributed by atoms with Crippen LogP contribution < -0.4 is 5.73 Å². The molecule has 1 aliphatic heterocycles. The summed E-state index contributed by atoms with van der Waals surface area (Å²) in [6, 6.07) is 0. The Morgan fingerprint density at radius 3 is 2.00 bits per heavy atom. The summed E-state index contributed by atoms with van der Waals surface area (Å²) in [6.45, 7) is 8.31. The number of rotatable bonds is 3. The third-order valence-corrected chi connectivity index (χ3v) is 7.44. The van der Waals surface area contributed by atoms with Gasteiger partial charge in [0.15, 0.2) is 0 Å². The van der Waals surface area contributed by atoms with Crippen molar-refractivity contribution in [3.8, 4) is 0 Å². The molecule has 1 spiro atoms. The first-order valence-corrected chi connectivity index (χ1v) is 9.54. The largest absolute Gasteiger partial charge is 0.329 e. The molecule has 1 heterocycles. The van der Waals surface area contributed by atoms with E-state index in [1.54, 1.807) is 0 Å². The van der Waals surface area contributed by atoms with Crippen molar-refractivity contribution in [3.63, 3.8) is 0 Å². The minimum Gasteiger partial charge on any atom is -0.329 e. The van der Waals surface area contributed by atoms with Crippen LogP contribution >= 0.6 is 0 Å². The highest BCUT2D eigenvalue weighted by atomic mass is 15.2. The lowest BCUT2D eigenvalue weighted by molar-refractivity contribution is -0.0110. The highest BCUT2D eigenvalue weighted by Crippen LogP contribution is 2.48. The molecule has 1 saturated heterocycles. The Balaban J connectivity index is 1.60. The third kappa shape index (κ3) is 3.03. The molecular weight excluding hydrogens is 256 g/mol. The van der Waals surface area contributed by atoms with Crippen molar-refractivity contribution in [1.82, 2.24) is 4.90 Å². The van der Waals surface area contributed by atoms with Crippen LogP contribution in [0.25, 0.3) is 0 Å². The Morgan fingerprint density at radius 1 is 0.952 bits per heavy atom. The summed E-state index contributed by atoms with van der Waals surface area (Å²) in [5.74, 6) is 1.79. The highest BCUT2D eigenvalue weighted by Gasteiger charge is 2.44. The summed E-state index contributed by atoms with van der Waals surface area (Å²) in [7, 11) is 0. The van der Waals surface area contributed by atoms with Gasteiger partial charge < -0.3 is 5.73 Å². The number of piperidine rings is 1. The van der Waals surface area contributed by atoms with Crippen molar-refractivity contribution in [3.05, 3.63) is 0 Å². The minimum absolute atomic E-state index is 0.353. The average Bonchev–Trinajstić information content (AvgIpc) is 2.96. The molecule has 0 radical (unpaired) electrons. The van der Waals surface area contributed by atoms with Crippen molar-refractivity contribution >= 4 is 0 Å². The average molecular weight is 293 g/mol. The summed E-state index contributed by atoms with van der Waals surface area (Å²) in [5.41, 5.74) is 7.38. The molecule has 0 atom stereocenters. The number of nitrogens with zero attached hydrogens (tertiary/aromatic N) is 1. The third-order valence-electron chi connectivity index (χ3n) is 7.44. The molecular formula is C19H36N2. The van der Waals surface area contributed by atoms with E-state index in [-0.39, 0.29) is 0 Å². The minimum atomic E-state index is 0.353. The van der Waals surface area contributed by atoms with Gasteiger partial charge >= 0.3 is 0 Å². The summed E-state index contributed by atoms with van der Waals surface area (Å²) in [6.07, 6.45) is 14.4. The van der Waals surface area contributed by atoms with Crippen LogP contribution in [0.2, 0.25) is 0 Å². The van der Waals surface area contributed by atoms with Crippen molar-refractivity contribution in [2.45, 2.75) is 83.6 Å². The highest BCUT2D eigenvalue weighted by molar-refractivity contribution is 5.00. The summed E-state index contributed by atoms with van der Waals surface area (Å²) >= 11 is 0. The molecule has 0 aromatic heterocycles. The molecule has 3 rings (SSSR count). The molecule has 0 unspecified atom stereocenters. The normalized spacial score (nSPS) is 37.4. The molecule has 21 heavy (non-hydrogen) atoms. The maximum absolute atomic E-state index is 6.29. The molecule has 2 heteroatoms. The zero-order valence-electron chi connectivity index (χ0n) is 14.4. The van der Waals surface area contributed by atoms with Gasteiger partial charge in [0.05, 0.1) is 0 Å². The van der Waals surface area contributed by atoms with Crippen molar-refractivity contribution in [2.24, 2.45) is 23.0 Å². The van der Waals surface area contributed by atoms with E-state index in [0.29, 0.717) is 5.54 Å². The van der Waals surface area contributed by atoms with E-state index in [0.717, 1.165) is 23.8 Å². The molecule has 0 bridgehead atoms. The molecule has 0 aromatic carbocycles. The van der Waals surface area contributed by atoms with Crippen molar-refractivity contribution in [1.29, 1.82) is 0 Å². The second-order valence-electron chi connectivity index (χ2n) is 8.70.